The Morgan fingerprint density at radius 1 is 0.941 bits per heavy atom. The fraction of sp³-hybridized carbons (Fsp3) is 0.200. The molecule has 0 heterocycles. The largest absolute Gasteiger partial charge is 0.457 e. The van der Waals surface area contributed by atoms with Gasteiger partial charge in [-0.3, -0.25) is 0 Å². The lowest BCUT2D eigenvalue weighted by Gasteiger charge is -2.08. The molecule has 88 valence electrons. The second-order valence-corrected chi connectivity index (χ2v) is 4.24. The molecule has 0 fully saturated rings. The van der Waals surface area contributed by atoms with Crippen molar-refractivity contribution < 1.29 is 4.74 Å². The highest BCUT2D eigenvalue weighted by Crippen LogP contribution is 2.21. The van der Waals surface area contributed by atoms with E-state index in [-0.39, 0.29) is 6.04 Å². The van der Waals surface area contributed by atoms with E-state index in [1.165, 1.54) is 5.56 Å². The predicted octanol–water partition coefficient (Wildman–Crippen LogP) is 3.37. The van der Waals surface area contributed by atoms with Crippen LogP contribution in [-0.4, -0.2) is 6.04 Å². The second-order valence-electron chi connectivity index (χ2n) is 4.24. The van der Waals surface area contributed by atoms with E-state index in [1.807, 2.05) is 49.4 Å². The van der Waals surface area contributed by atoms with Crippen LogP contribution in [0.4, 0.5) is 0 Å². The summed E-state index contributed by atoms with van der Waals surface area (Å²) in [6.07, 6.45) is 0.894. The van der Waals surface area contributed by atoms with Gasteiger partial charge in [0.2, 0.25) is 0 Å². The fourth-order valence-corrected chi connectivity index (χ4v) is 1.69. The first kappa shape index (κ1) is 11.7. The van der Waals surface area contributed by atoms with Crippen molar-refractivity contribution in [3.8, 4) is 11.5 Å². The lowest BCUT2D eigenvalue weighted by Crippen LogP contribution is -2.17. The lowest BCUT2D eigenvalue weighted by atomic mass is 10.1. The maximum atomic E-state index is 5.75. The first-order valence-electron chi connectivity index (χ1n) is 5.81. The van der Waals surface area contributed by atoms with Gasteiger partial charge in [-0.25, -0.2) is 0 Å². The fourth-order valence-electron chi connectivity index (χ4n) is 1.69. The Balaban J connectivity index is 2.03. The first-order valence-corrected chi connectivity index (χ1v) is 5.81. The molecule has 0 radical (unpaired) electrons. The molecule has 2 nitrogen and oxygen atoms in total. The highest BCUT2D eigenvalue weighted by Gasteiger charge is 1.99. The average molecular weight is 227 g/mol. The van der Waals surface area contributed by atoms with Crippen LogP contribution in [0, 0.1) is 0 Å². The zero-order valence-electron chi connectivity index (χ0n) is 9.97. The Hall–Kier alpha value is -1.80. The third-order valence-corrected chi connectivity index (χ3v) is 2.46. The van der Waals surface area contributed by atoms with E-state index in [2.05, 4.69) is 12.1 Å². The molecule has 0 saturated carbocycles. The van der Waals surface area contributed by atoms with Gasteiger partial charge in [-0.2, -0.15) is 0 Å². The summed E-state index contributed by atoms with van der Waals surface area (Å²) >= 11 is 0. The van der Waals surface area contributed by atoms with Gasteiger partial charge in [-0.1, -0.05) is 30.3 Å². The molecular formula is C15H17NO. The van der Waals surface area contributed by atoms with Gasteiger partial charge in [0.25, 0.3) is 0 Å². The van der Waals surface area contributed by atoms with E-state index in [0.717, 1.165) is 17.9 Å². The molecule has 0 spiro atoms. The molecule has 0 aliphatic rings. The van der Waals surface area contributed by atoms with Crippen LogP contribution in [0.15, 0.2) is 54.6 Å². The molecule has 0 amide bonds. The van der Waals surface area contributed by atoms with Gasteiger partial charge in [-0.15, -0.1) is 0 Å². The first-order chi connectivity index (χ1) is 8.24. The van der Waals surface area contributed by atoms with Gasteiger partial charge in [-0.05, 0) is 43.2 Å². The summed E-state index contributed by atoms with van der Waals surface area (Å²) in [4.78, 5) is 0. The maximum Gasteiger partial charge on any atom is 0.127 e. The lowest BCUT2D eigenvalue weighted by molar-refractivity contribution is 0.482. The summed E-state index contributed by atoms with van der Waals surface area (Å²) in [6.45, 7) is 2.01. The molecule has 2 heteroatoms. The maximum absolute atomic E-state index is 5.75. The Labute approximate surface area is 102 Å². The second kappa shape index (κ2) is 5.51. The van der Waals surface area contributed by atoms with Gasteiger partial charge in [0, 0.05) is 6.04 Å². The van der Waals surface area contributed by atoms with Crippen molar-refractivity contribution >= 4 is 0 Å². The van der Waals surface area contributed by atoms with Crippen LogP contribution in [0.1, 0.15) is 12.5 Å². The Kier molecular flexibility index (Phi) is 3.78. The van der Waals surface area contributed by atoms with Crippen molar-refractivity contribution in [1.82, 2.24) is 0 Å². The number of hydrogen-bond donors (Lipinski definition) is 1. The van der Waals surface area contributed by atoms with Crippen LogP contribution >= 0.6 is 0 Å². The van der Waals surface area contributed by atoms with Gasteiger partial charge >= 0.3 is 0 Å². The Bertz CT molecular complexity index is 448. The summed E-state index contributed by atoms with van der Waals surface area (Å²) in [6, 6.07) is 18.0. The molecule has 2 aromatic rings. The third kappa shape index (κ3) is 3.61. The number of nitrogens with two attached hydrogens (primary N) is 1. The number of rotatable bonds is 4. The van der Waals surface area contributed by atoms with Crippen LogP contribution in [0.3, 0.4) is 0 Å². The molecule has 0 aliphatic carbocycles. The Morgan fingerprint density at radius 3 is 2.12 bits per heavy atom. The summed E-state index contributed by atoms with van der Waals surface area (Å²) in [7, 11) is 0. The van der Waals surface area contributed by atoms with Crippen LogP contribution in [-0.2, 0) is 6.42 Å². The summed E-state index contributed by atoms with van der Waals surface area (Å²) in [5.74, 6) is 1.71. The van der Waals surface area contributed by atoms with E-state index in [0.29, 0.717) is 0 Å². The standard InChI is InChI=1S/C15H17NO/c1-12(16)11-13-7-9-15(10-8-13)17-14-5-3-2-4-6-14/h2-10,12H,11,16H2,1H3/t12-/m0/s1. The quantitative estimate of drug-likeness (QED) is 0.869. The van der Waals surface area contributed by atoms with Gasteiger partial charge in [0.15, 0.2) is 0 Å². The van der Waals surface area contributed by atoms with E-state index < -0.39 is 0 Å². The molecule has 0 bridgehead atoms. The minimum Gasteiger partial charge on any atom is -0.457 e. The van der Waals surface area contributed by atoms with Crippen LogP contribution in [0.25, 0.3) is 0 Å². The van der Waals surface area contributed by atoms with Crippen LogP contribution < -0.4 is 10.5 Å². The average Bonchev–Trinajstić information content (AvgIpc) is 2.32. The molecule has 0 aliphatic heterocycles. The monoisotopic (exact) mass is 227 g/mol. The normalized spacial score (nSPS) is 12.1. The summed E-state index contributed by atoms with van der Waals surface area (Å²) in [5, 5.41) is 0. The molecule has 2 aromatic carbocycles. The molecule has 2 N–H and O–H groups in total. The van der Waals surface area contributed by atoms with Crippen molar-refractivity contribution in [1.29, 1.82) is 0 Å². The van der Waals surface area contributed by atoms with E-state index in [4.69, 9.17) is 10.5 Å². The zero-order valence-corrected chi connectivity index (χ0v) is 9.97. The molecular weight excluding hydrogens is 210 g/mol. The minimum absolute atomic E-state index is 0.191. The highest BCUT2D eigenvalue weighted by atomic mass is 16.5. The van der Waals surface area contributed by atoms with Gasteiger partial charge in [0.05, 0.1) is 0 Å². The third-order valence-electron chi connectivity index (χ3n) is 2.46. The predicted molar refractivity (Wildman–Crippen MR) is 70.3 cm³/mol. The van der Waals surface area contributed by atoms with Crippen LogP contribution in [0.2, 0.25) is 0 Å². The van der Waals surface area contributed by atoms with Gasteiger partial charge < -0.3 is 10.5 Å². The molecule has 2 rings (SSSR count). The van der Waals surface area contributed by atoms with Crippen molar-refractivity contribution in [3.63, 3.8) is 0 Å². The molecule has 0 saturated heterocycles. The van der Waals surface area contributed by atoms with E-state index >= 15 is 0 Å². The summed E-state index contributed by atoms with van der Waals surface area (Å²) < 4.78 is 5.71. The molecule has 17 heavy (non-hydrogen) atoms. The minimum atomic E-state index is 0.191. The zero-order chi connectivity index (χ0) is 12.1. The molecule has 0 unspecified atom stereocenters. The van der Waals surface area contributed by atoms with Crippen molar-refractivity contribution in [3.05, 3.63) is 60.2 Å². The number of ether oxygens (including phenoxy) is 1. The molecule has 0 aromatic heterocycles. The van der Waals surface area contributed by atoms with E-state index in [9.17, 15) is 0 Å². The van der Waals surface area contributed by atoms with Crippen molar-refractivity contribution in [2.75, 3.05) is 0 Å². The van der Waals surface area contributed by atoms with E-state index in [1.54, 1.807) is 0 Å². The Morgan fingerprint density at radius 2 is 1.53 bits per heavy atom. The summed E-state index contributed by atoms with van der Waals surface area (Å²) in [5.41, 5.74) is 6.99. The van der Waals surface area contributed by atoms with Crippen LogP contribution in [0.5, 0.6) is 11.5 Å². The van der Waals surface area contributed by atoms with Crippen molar-refractivity contribution in [2.24, 2.45) is 5.73 Å². The van der Waals surface area contributed by atoms with Gasteiger partial charge in [0.1, 0.15) is 11.5 Å². The highest BCUT2D eigenvalue weighted by molar-refractivity contribution is 5.33. The topological polar surface area (TPSA) is 35.2 Å². The smallest absolute Gasteiger partial charge is 0.127 e. The molecule has 1 atom stereocenters. The SMILES string of the molecule is C[C@H](N)Cc1ccc(Oc2ccccc2)cc1. The number of para-hydroxylation sites is 1. The number of hydrogen-bond acceptors (Lipinski definition) is 2. The number of benzene rings is 2. The van der Waals surface area contributed by atoms with Crippen molar-refractivity contribution in [2.45, 2.75) is 19.4 Å².